The monoisotopic (exact) mass is 279 g/mol. The second kappa shape index (κ2) is 5.81. The van der Waals surface area contributed by atoms with Crippen LogP contribution in [0.2, 0.25) is 0 Å². The largest absolute Gasteiger partial charge is 0.481 e. The van der Waals surface area contributed by atoms with Gasteiger partial charge in [-0.15, -0.1) is 0 Å². The lowest BCUT2D eigenvalue weighted by atomic mass is 9.91. The summed E-state index contributed by atoms with van der Waals surface area (Å²) >= 11 is 0. The Hall–Kier alpha value is -2.24. The fraction of sp³-hybridized carbons (Fsp3) is 0.357. The van der Waals surface area contributed by atoms with E-state index in [1.54, 1.807) is 6.07 Å². The van der Waals surface area contributed by atoms with Gasteiger partial charge in [-0.25, -0.2) is 4.39 Å². The van der Waals surface area contributed by atoms with Gasteiger partial charge in [-0.2, -0.15) is 0 Å². The molecule has 1 aliphatic rings. The van der Waals surface area contributed by atoms with E-state index in [0.717, 1.165) is 0 Å². The van der Waals surface area contributed by atoms with Gasteiger partial charge in [0, 0.05) is 12.3 Å². The van der Waals surface area contributed by atoms with Crippen LogP contribution >= 0.6 is 0 Å². The van der Waals surface area contributed by atoms with Gasteiger partial charge in [0.25, 0.3) is 0 Å². The van der Waals surface area contributed by atoms with Gasteiger partial charge in [0.15, 0.2) is 0 Å². The van der Waals surface area contributed by atoms with E-state index >= 15 is 0 Å². The number of carboxylic acid groups (broad SMARTS) is 1. The highest BCUT2D eigenvalue weighted by molar-refractivity contribution is 5.98. The first-order valence-electron chi connectivity index (χ1n) is 6.28. The first-order valence-corrected chi connectivity index (χ1v) is 6.28. The third-order valence-corrected chi connectivity index (χ3v) is 3.29. The molecule has 1 saturated heterocycles. The van der Waals surface area contributed by atoms with Crippen molar-refractivity contribution in [2.24, 2.45) is 5.92 Å². The summed E-state index contributed by atoms with van der Waals surface area (Å²) in [4.78, 5) is 33.2. The zero-order valence-electron chi connectivity index (χ0n) is 10.7. The molecule has 2 rings (SSSR count). The fourth-order valence-electron chi connectivity index (χ4n) is 2.24. The number of rotatable bonds is 4. The van der Waals surface area contributed by atoms with E-state index in [9.17, 15) is 18.8 Å². The Balaban J connectivity index is 2.07. The summed E-state index contributed by atoms with van der Waals surface area (Å²) in [6.07, 6.45) is 0.701. The lowest BCUT2D eigenvalue weighted by molar-refractivity contribution is -0.137. The third kappa shape index (κ3) is 3.40. The molecule has 1 fully saturated rings. The van der Waals surface area contributed by atoms with Crippen molar-refractivity contribution in [3.63, 3.8) is 0 Å². The van der Waals surface area contributed by atoms with Crippen molar-refractivity contribution in [3.05, 3.63) is 35.1 Å². The number of hydrogen-bond acceptors (Lipinski definition) is 3. The Bertz CT molecular complexity index is 570. The smallest absolute Gasteiger partial charge is 0.307 e. The van der Waals surface area contributed by atoms with Crippen LogP contribution in [0.15, 0.2) is 18.2 Å². The predicted molar refractivity (Wildman–Crippen MR) is 67.3 cm³/mol. The van der Waals surface area contributed by atoms with Crippen LogP contribution in [-0.2, 0) is 27.2 Å². The molecule has 0 bridgehead atoms. The van der Waals surface area contributed by atoms with E-state index in [1.165, 1.54) is 12.1 Å². The van der Waals surface area contributed by atoms with Gasteiger partial charge in [-0.05, 0) is 30.0 Å². The molecule has 1 aromatic carbocycles. The summed E-state index contributed by atoms with van der Waals surface area (Å²) in [5, 5.41) is 10.9. The summed E-state index contributed by atoms with van der Waals surface area (Å²) in [5.41, 5.74) is 0.732. The fourth-order valence-corrected chi connectivity index (χ4v) is 2.24. The van der Waals surface area contributed by atoms with Crippen LogP contribution in [0.1, 0.15) is 24.0 Å². The van der Waals surface area contributed by atoms with Crippen LogP contribution in [0, 0.1) is 11.7 Å². The van der Waals surface area contributed by atoms with Gasteiger partial charge >= 0.3 is 5.97 Å². The number of hydrogen-bond donors (Lipinski definition) is 2. The van der Waals surface area contributed by atoms with Gasteiger partial charge in [0.05, 0.1) is 6.42 Å². The topological polar surface area (TPSA) is 83.5 Å². The molecule has 0 radical (unpaired) electrons. The SMILES string of the molecule is O=C(O)Cc1ccc(CC2CCC(=O)NC2=O)cc1F. The quantitative estimate of drug-likeness (QED) is 0.807. The summed E-state index contributed by atoms with van der Waals surface area (Å²) in [6.45, 7) is 0. The van der Waals surface area contributed by atoms with Crippen molar-refractivity contribution in [2.75, 3.05) is 0 Å². The minimum Gasteiger partial charge on any atom is -0.481 e. The number of carboxylic acids is 1. The van der Waals surface area contributed by atoms with Crippen LogP contribution < -0.4 is 5.32 Å². The maximum atomic E-state index is 13.7. The van der Waals surface area contributed by atoms with Crippen LogP contribution in [0.5, 0.6) is 0 Å². The zero-order valence-corrected chi connectivity index (χ0v) is 10.7. The molecule has 6 heteroatoms. The molecule has 1 aromatic rings. The molecule has 5 nitrogen and oxygen atoms in total. The highest BCUT2D eigenvalue weighted by Crippen LogP contribution is 2.20. The van der Waals surface area contributed by atoms with Crippen LogP contribution in [0.25, 0.3) is 0 Å². The number of carbonyl (C=O) groups excluding carboxylic acids is 2. The van der Waals surface area contributed by atoms with E-state index in [2.05, 4.69) is 5.32 Å². The van der Waals surface area contributed by atoms with Gasteiger partial charge in [0.1, 0.15) is 5.82 Å². The molecule has 0 aliphatic carbocycles. The summed E-state index contributed by atoms with van der Waals surface area (Å²) in [6, 6.07) is 4.29. The minimum atomic E-state index is -1.10. The first-order chi connectivity index (χ1) is 9.45. The van der Waals surface area contributed by atoms with Crippen molar-refractivity contribution < 1.29 is 23.9 Å². The molecule has 20 heavy (non-hydrogen) atoms. The number of aliphatic carboxylic acids is 1. The molecule has 1 atom stereocenters. The lowest BCUT2D eigenvalue weighted by Crippen LogP contribution is -2.41. The molecule has 1 aliphatic heterocycles. The van der Waals surface area contributed by atoms with E-state index in [4.69, 9.17) is 5.11 Å². The van der Waals surface area contributed by atoms with Crippen molar-refractivity contribution in [1.82, 2.24) is 5.32 Å². The second-order valence-corrected chi connectivity index (χ2v) is 4.85. The molecule has 0 saturated carbocycles. The van der Waals surface area contributed by atoms with Crippen LogP contribution in [0.4, 0.5) is 4.39 Å². The average molecular weight is 279 g/mol. The Morgan fingerprint density at radius 2 is 2.15 bits per heavy atom. The third-order valence-electron chi connectivity index (χ3n) is 3.29. The van der Waals surface area contributed by atoms with E-state index in [1.807, 2.05) is 0 Å². The molecule has 1 unspecified atom stereocenters. The number of piperidine rings is 1. The second-order valence-electron chi connectivity index (χ2n) is 4.85. The number of halogens is 1. The molecular weight excluding hydrogens is 265 g/mol. The van der Waals surface area contributed by atoms with Gasteiger partial charge in [-0.1, -0.05) is 12.1 Å². The number of benzene rings is 1. The molecule has 1 heterocycles. The van der Waals surface area contributed by atoms with Crippen molar-refractivity contribution in [2.45, 2.75) is 25.7 Å². The molecule has 0 aromatic heterocycles. The Labute approximate surface area is 114 Å². The Morgan fingerprint density at radius 3 is 2.75 bits per heavy atom. The number of imide groups is 1. The summed E-state index contributed by atoms with van der Waals surface area (Å²) in [7, 11) is 0. The zero-order chi connectivity index (χ0) is 14.7. The maximum absolute atomic E-state index is 13.7. The van der Waals surface area contributed by atoms with Crippen molar-refractivity contribution in [1.29, 1.82) is 0 Å². The Kier molecular flexibility index (Phi) is 4.12. The normalized spacial score (nSPS) is 18.8. The van der Waals surface area contributed by atoms with Crippen LogP contribution in [-0.4, -0.2) is 22.9 Å². The maximum Gasteiger partial charge on any atom is 0.307 e. The van der Waals surface area contributed by atoms with E-state index in [-0.39, 0.29) is 36.1 Å². The highest BCUT2D eigenvalue weighted by Gasteiger charge is 2.26. The van der Waals surface area contributed by atoms with Crippen LogP contribution in [0.3, 0.4) is 0 Å². The number of carbonyl (C=O) groups is 3. The Morgan fingerprint density at radius 1 is 1.40 bits per heavy atom. The minimum absolute atomic E-state index is 0.115. The molecule has 106 valence electrons. The van der Waals surface area contributed by atoms with Gasteiger partial charge < -0.3 is 5.11 Å². The van der Waals surface area contributed by atoms with Gasteiger partial charge in [0.2, 0.25) is 11.8 Å². The average Bonchev–Trinajstić information content (AvgIpc) is 2.36. The molecular formula is C14H14FNO4. The summed E-state index contributed by atoms with van der Waals surface area (Å²) < 4.78 is 13.7. The van der Waals surface area contributed by atoms with Crippen molar-refractivity contribution >= 4 is 17.8 Å². The van der Waals surface area contributed by atoms with Crippen molar-refractivity contribution in [3.8, 4) is 0 Å². The van der Waals surface area contributed by atoms with Gasteiger partial charge in [-0.3, -0.25) is 19.7 Å². The van der Waals surface area contributed by atoms with E-state index < -0.39 is 11.8 Å². The molecule has 2 N–H and O–H groups in total. The van der Waals surface area contributed by atoms with E-state index in [0.29, 0.717) is 18.4 Å². The first kappa shape index (κ1) is 14.2. The number of nitrogens with one attached hydrogen (secondary N) is 1. The molecule has 0 spiro atoms. The highest BCUT2D eigenvalue weighted by atomic mass is 19.1. The summed E-state index contributed by atoms with van der Waals surface area (Å²) in [5.74, 6) is -2.65. The standard InChI is InChI=1S/C14H14FNO4/c15-11-6-8(1-2-9(11)7-13(18)19)5-10-3-4-12(17)16-14(10)20/h1-2,6,10H,3-5,7H2,(H,18,19)(H,16,17,20). The lowest BCUT2D eigenvalue weighted by Gasteiger charge is -2.20. The number of amides is 2. The molecule has 2 amide bonds. The predicted octanol–water partition coefficient (Wildman–Crippen LogP) is 1.05.